The molecule has 0 aliphatic carbocycles. The number of para-hydroxylation sites is 1. The molecule has 3 aliphatic heterocycles. The summed E-state index contributed by atoms with van der Waals surface area (Å²) in [5.74, 6) is -2.35. The van der Waals surface area contributed by atoms with E-state index in [0.717, 1.165) is 5.56 Å². The molecule has 1 spiro atoms. The van der Waals surface area contributed by atoms with E-state index in [4.69, 9.17) is 21.1 Å². The summed E-state index contributed by atoms with van der Waals surface area (Å²) in [7, 11) is 0. The first-order chi connectivity index (χ1) is 22.4. The number of halogens is 1. The monoisotopic (exact) mass is 663 g/mol. The number of carbonyl (C=O) groups excluding carboxylic acids is 3. The average Bonchev–Trinajstić information content (AvgIpc) is 3.60. The first kappa shape index (κ1) is 34.7. The molecule has 252 valence electrons. The quantitative estimate of drug-likeness (QED) is 0.282. The van der Waals surface area contributed by atoms with Gasteiger partial charge in [-0.15, -0.1) is 13.2 Å². The molecule has 2 bridgehead atoms. The zero-order chi connectivity index (χ0) is 34.3. The van der Waals surface area contributed by atoms with Gasteiger partial charge in [0, 0.05) is 18.8 Å². The number of carbonyl (C=O) groups is 3. The van der Waals surface area contributed by atoms with Crippen LogP contribution in [-0.2, 0) is 19.1 Å². The second-order valence-corrected chi connectivity index (χ2v) is 13.7. The molecule has 1 N–H and O–H groups in total. The van der Waals surface area contributed by atoms with Crippen LogP contribution in [0.1, 0.15) is 46.1 Å². The Morgan fingerprint density at radius 3 is 2.34 bits per heavy atom. The normalized spacial score (nSPS) is 26.7. The first-order valence-corrected chi connectivity index (χ1v) is 16.7. The molecular weight excluding hydrogens is 618 g/mol. The fraction of sp³-hybridized carbons (Fsp3) is 0.486. The molecule has 2 aromatic rings. The van der Waals surface area contributed by atoms with Crippen LogP contribution in [0.4, 0.5) is 11.4 Å². The van der Waals surface area contributed by atoms with Crippen molar-refractivity contribution >= 4 is 40.7 Å². The van der Waals surface area contributed by atoms with E-state index in [0.29, 0.717) is 41.6 Å². The summed E-state index contributed by atoms with van der Waals surface area (Å²) >= 11 is 6.69. The summed E-state index contributed by atoms with van der Waals surface area (Å²) in [4.78, 5) is 49.3. The predicted octanol–water partition coefficient (Wildman–Crippen LogP) is 5.57. The number of rotatable bonds is 13. The lowest BCUT2D eigenvalue weighted by atomic mass is 9.66. The molecular formula is C37H46ClN3O6. The number of hydrogen-bond acceptors (Lipinski definition) is 6. The number of fused-ring (bicyclic) bond motifs is 1. The van der Waals surface area contributed by atoms with Gasteiger partial charge in [-0.05, 0) is 75.4 Å². The third kappa shape index (κ3) is 5.66. The summed E-state index contributed by atoms with van der Waals surface area (Å²) in [5, 5.41) is 11.0. The summed E-state index contributed by atoms with van der Waals surface area (Å²) in [5.41, 5.74) is -0.347. The van der Waals surface area contributed by atoms with E-state index in [1.165, 1.54) is 4.90 Å². The molecule has 5 rings (SSSR count). The molecule has 3 heterocycles. The van der Waals surface area contributed by atoms with Crippen LogP contribution in [0.2, 0.25) is 5.02 Å². The molecule has 0 saturated carbocycles. The number of aliphatic hydroxyl groups excluding tert-OH is 1. The minimum Gasteiger partial charge on any atom is -0.494 e. The number of amides is 3. The summed E-state index contributed by atoms with van der Waals surface area (Å²) in [6.45, 7) is 17.7. The summed E-state index contributed by atoms with van der Waals surface area (Å²) < 4.78 is 12.5. The third-order valence-electron chi connectivity index (χ3n) is 10.1. The highest BCUT2D eigenvalue weighted by atomic mass is 35.5. The Hall–Kier alpha value is -3.66. The van der Waals surface area contributed by atoms with Crippen LogP contribution in [-0.4, -0.2) is 77.3 Å². The maximum atomic E-state index is 15.0. The van der Waals surface area contributed by atoms with Crippen LogP contribution >= 0.6 is 11.6 Å². The molecule has 10 heteroatoms. The third-order valence-corrected chi connectivity index (χ3v) is 10.4. The summed E-state index contributed by atoms with van der Waals surface area (Å²) in [6.07, 6.45) is 4.15. The smallest absolute Gasteiger partial charge is 0.253 e. The highest BCUT2D eigenvalue weighted by Gasteiger charge is 2.79. The van der Waals surface area contributed by atoms with Gasteiger partial charge in [-0.3, -0.25) is 14.4 Å². The highest BCUT2D eigenvalue weighted by molar-refractivity contribution is 6.34. The highest BCUT2D eigenvalue weighted by Crippen LogP contribution is 2.64. The van der Waals surface area contributed by atoms with Gasteiger partial charge in [0.2, 0.25) is 11.8 Å². The van der Waals surface area contributed by atoms with Gasteiger partial charge in [-0.2, -0.15) is 0 Å². The average molecular weight is 664 g/mol. The van der Waals surface area contributed by atoms with E-state index in [1.807, 2.05) is 58.9 Å². The number of aryl methyl sites for hydroxylation is 1. The Morgan fingerprint density at radius 2 is 1.77 bits per heavy atom. The van der Waals surface area contributed by atoms with Crippen molar-refractivity contribution in [1.82, 2.24) is 4.90 Å². The van der Waals surface area contributed by atoms with E-state index in [-0.39, 0.29) is 43.3 Å². The van der Waals surface area contributed by atoms with Crippen molar-refractivity contribution in [1.29, 1.82) is 0 Å². The minimum absolute atomic E-state index is 0.138. The molecule has 2 unspecified atom stereocenters. The zero-order valence-corrected chi connectivity index (χ0v) is 28.7. The topological polar surface area (TPSA) is 99.6 Å². The number of hydrogen-bond donors (Lipinski definition) is 1. The largest absolute Gasteiger partial charge is 0.494 e. The van der Waals surface area contributed by atoms with Crippen LogP contribution < -0.4 is 14.5 Å². The molecule has 9 nitrogen and oxygen atoms in total. The Morgan fingerprint density at radius 1 is 1.11 bits per heavy atom. The predicted molar refractivity (Wildman–Crippen MR) is 184 cm³/mol. The lowest BCUT2D eigenvalue weighted by Gasteiger charge is -2.41. The second kappa shape index (κ2) is 13.5. The fourth-order valence-electron chi connectivity index (χ4n) is 8.04. The molecule has 3 amide bonds. The lowest BCUT2D eigenvalue weighted by Crippen LogP contribution is -2.60. The maximum Gasteiger partial charge on any atom is 0.253 e. The Labute approximate surface area is 282 Å². The van der Waals surface area contributed by atoms with Crippen LogP contribution in [0, 0.1) is 24.7 Å². The van der Waals surface area contributed by atoms with Gasteiger partial charge in [-0.25, -0.2) is 0 Å². The SMILES string of the molecule is C=CCN(C(=O)[C@H]1[C@H]2C(=O)N([C@@H](CO)C(C)C)C(C(=O)N(CC=C)c3c(C)cccc3Cl)C23CC[C@]1(C)O3)c1ccc(OCC)cc1. The van der Waals surface area contributed by atoms with E-state index in [9.17, 15) is 14.7 Å². The van der Waals surface area contributed by atoms with E-state index in [2.05, 4.69) is 13.2 Å². The van der Waals surface area contributed by atoms with Gasteiger partial charge >= 0.3 is 0 Å². The lowest BCUT2D eigenvalue weighted by molar-refractivity contribution is -0.149. The number of likely N-dealkylation sites (tertiary alicyclic amines) is 1. The number of ether oxygens (including phenoxy) is 2. The molecule has 0 aromatic heterocycles. The van der Waals surface area contributed by atoms with Crippen LogP contribution in [0.15, 0.2) is 67.8 Å². The van der Waals surface area contributed by atoms with Gasteiger partial charge in [0.15, 0.2) is 0 Å². The van der Waals surface area contributed by atoms with Crippen LogP contribution in [0.3, 0.4) is 0 Å². The Bertz CT molecular complexity index is 1520. The molecule has 47 heavy (non-hydrogen) atoms. The molecule has 0 radical (unpaired) electrons. The summed E-state index contributed by atoms with van der Waals surface area (Å²) in [6, 6.07) is 10.9. The van der Waals surface area contributed by atoms with Crippen molar-refractivity contribution in [3.05, 3.63) is 78.4 Å². The molecule has 3 aliphatic rings. The fourth-order valence-corrected chi connectivity index (χ4v) is 8.36. The van der Waals surface area contributed by atoms with Crippen molar-refractivity contribution in [3.63, 3.8) is 0 Å². The molecule has 6 atom stereocenters. The van der Waals surface area contributed by atoms with Crippen molar-refractivity contribution in [2.75, 3.05) is 36.1 Å². The van der Waals surface area contributed by atoms with E-state index < -0.39 is 35.1 Å². The van der Waals surface area contributed by atoms with Crippen molar-refractivity contribution < 1.29 is 29.0 Å². The second-order valence-electron chi connectivity index (χ2n) is 13.3. The van der Waals surface area contributed by atoms with Gasteiger partial charge in [0.1, 0.15) is 17.4 Å². The minimum atomic E-state index is -1.29. The van der Waals surface area contributed by atoms with E-state index in [1.54, 1.807) is 40.2 Å². The van der Waals surface area contributed by atoms with Crippen molar-refractivity contribution in [3.8, 4) is 5.75 Å². The van der Waals surface area contributed by atoms with Gasteiger partial charge in [0.05, 0.1) is 47.4 Å². The van der Waals surface area contributed by atoms with Gasteiger partial charge < -0.3 is 29.3 Å². The Kier molecular flexibility index (Phi) is 9.92. The van der Waals surface area contributed by atoms with Crippen LogP contribution in [0.5, 0.6) is 5.75 Å². The molecule has 3 saturated heterocycles. The Balaban J connectivity index is 1.63. The number of aliphatic hydroxyl groups is 1. The van der Waals surface area contributed by atoms with Gasteiger partial charge in [-0.1, -0.05) is 49.7 Å². The zero-order valence-electron chi connectivity index (χ0n) is 27.9. The van der Waals surface area contributed by atoms with Gasteiger partial charge in [0.25, 0.3) is 5.91 Å². The molecule has 3 fully saturated rings. The number of nitrogens with zero attached hydrogens (tertiary/aromatic N) is 3. The van der Waals surface area contributed by atoms with Crippen molar-refractivity contribution in [2.45, 2.75) is 70.7 Å². The van der Waals surface area contributed by atoms with E-state index >= 15 is 4.79 Å². The first-order valence-electron chi connectivity index (χ1n) is 16.4. The molecule has 2 aromatic carbocycles. The maximum absolute atomic E-state index is 15.0. The number of benzene rings is 2. The van der Waals surface area contributed by atoms with Crippen molar-refractivity contribution in [2.24, 2.45) is 17.8 Å². The number of anilines is 2. The van der Waals surface area contributed by atoms with Crippen LogP contribution in [0.25, 0.3) is 0 Å². The standard InChI is InChI=1S/C37H46ClN3O6/c1-8-20-39(25-14-16-26(17-15-25)46-10-3)33(43)29-30-34(44)41(28(22-42)23(4)5)32(37(30)19-18-36(29,7)47-37)35(45)40(21-9-2)31-24(6)12-11-13-27(31)38/h8-9,11-17,23,28-30,32,42H,1-2,10,18-22H2,3-7H3/t28-,29+,30-,32?,36-,37?/m0/s1.